The summed E-state index contributed by atoms with van der Waals surface area (Å²) in [5, 5.41) is 0. The van der Waals surface area contributed by atoms with E-state index in [-0.39, 0.29) is 6.61 Å². The van der Waals surface area contributed by atoms with Crippen LogP contribution in [0.5, 0.6) is 0 Å². The van der Waals surface area contributed by atoms with E-state index in [1.807, 2.05) is 0 Å². The first-order chi connectivity index (χ1) is 17.7. The van der Waals surface area contributed by atoms with Gasteiger partial charge in [0.05, 0.1) is 0 Å². The third-order valence-electron chi connectivity index (χ3n) is 7.04. The first kappa shape index (κ1) is 30.3. The molecule has 11 heteroatoms. The van der Waals surface area contributed by atoms with Gasteiger partial charge >= 0.3 is 228 Å². The van der Waals surface area contributed by atoms with Crippen molar-refractivity contribution in [2.24, 2.45) is 0 Å². The van der Waals surface area contributed by atoms with E-state index in [1.165, 1.54) is 91.9 Å². The number of esters is 4. The van der Waals surface area contributed by atoms with Crippen LogP contribution in [0, 0.1) is 0 Å². The van der Waals surface area contributed by atoms with Crippen molar-refractivity contribution in [2.75, 3.05) is 6.61 Å². The van der Waals surface area contributed by atoms with Crippen molar-refractivity contribution < 1.29 is 42.9 Å². The number of hydrogen-bond donors (Lipinski definition) is 0. The van der Waals surface area contributed by atoms with Gasteiger partial charge in [0.1, 0.15) is 0 Å². The van der Waals surface area contributed by atoms with Crippen molar-refractivity contribution >= 4 is 47.4 Å². The predicted octanol–water partition coefficient (Wildman–Crippen LogP) is 4.46. The summed E-state index contributed by atoms with van der Waals surface area (Å²) in [5.41, 5.74) is -0.621. The Labute approximate surface area is 227 Å². The molecule has 3 aliphatic rings. The summed E-state index contributed by atoms with van der Waals surface area (Å²) in [5.74, 6) is -2.24. The van der Waals surface area contributed by atoms with E-state index < -0.39 is 67.2 Å². The van der Waals surface area contributed by atoms with Crippen molar-refractivity contribution in [3.63, 3.8) is 0 Å². The van der Waals surface area contributed by atoms with Crippen LogP contribution in [0.15, 0.2) is 0 Å². The number of carbonyl (C=O) groups is 4. The fraction of sp³-hybridized carbons (Fsp3) is 0.846. The van der Waals surface area contributed by atoms with E-state index in [9.17, 15) is 19.2 Å². The molecule has 0 spiro atoms. The van der Waals surface area contributed by atoms with Gasteiger partial charge in [0, 0.05) is 0 Å². The minimum atomic E-state index is -1.58. The number of rotatable bonds is 9. The second-order valence-corrected chi connectivity index (χ2v) is 18.9. The van der Waals surface area contributed by atoms with E-state index >= 15 is 0 Å². The Bertz CT molecular complexity index is 779. The van der Waals surface area contributed by atoms with Gasteiger partial charge in [-0.3, -0.25) is 0 Å². The predicted molar refractivity (Wildman–Crippen MR) is 139 cm³/mol. The molecule has 2 saturated carbocycles. The van der Waals surface area contributed by atoms with Gasteiger partial charge in [-0.25, -0.2) is 0 Å². The fourth-order valence-electron chi connectivity index (χ4n) is 5.53. The van der Waals surface area contributed by atoms with Crippen LogP contribution in [0.2, 0.25) is 9.41 Å². The van der Waals surface area contributed by atoms with Crippen LogP contribution in [0.4, 0.5) is 0 Å². The third kappa shape index (κ3) is 9.17. The van der Waals surface area contributed by atoms with E-state index in [0.29, 0.717) is 9.41 Å². The van der Waals surface area contributed by atoms with E-state index in [4.69, 9.17) is 23.7 Å². The molecule has 1 aliphatic heterocycles. The molecular formula is C26H41AsO9S. The van der Waals surface area contributed by atoms with Crippen LogP contribution >= 0.6 is 10.0 Å². The van der Waals surface area contributed by atoms with Crippen LogP contribution in [0.25, 0.3) is 0 Å². The van der Waals surface area contributed by atoms with Crippen LogP contribution in [0.1, 0.15) is 91.9 Å². The molecule has 0 aromatic heterocycles. The molecule has 2 aliphatic carbocycles. The zero-order valence-corrected chi connectivity index (χ0v) is 25.0. The molecule has 0 bridgehead atoms. The summed E-state index contributed by atoms with van der Waals surface area (Å²) in [4.78, 5) is 48.0. The monoisotopic (exact) mass is 604 g/mol. The number of carbonyl (C=O) groups excluding carboxylic acids is 4. The Kier molecular flexibility index (Phi) is 12.1. The molecule has 3 rings (SSSR count). The molecule has 0 N–H and O–H groups in total. The van der Waals surface area contributed by atoms with Crippen LogP contribution in [-0.4, -0.2) is 73.8 Å². The fourth-order valence-corrected chi connectivity index (χ4v) is 18.5. The van der Waals surface area contributed by atoms with Gasteiger partial charge in [-0.1, -0.05) is 0 Å². The quantitative estimate of drug-likeness (QED) is 0.212. The second kappa shape index (κ2) is 14.8. The maximum atomic E-state index is 12.2. The molecule has 0 radical (unpaired) electrons. The van der Waals surface area contributed by atoms with Gasteiger partial charge in [0.15, 0.2) is 0 Å². The van der Waals surface area contributed by atoms with Gasteiger partial charge in [0.25, 0.3) is 0 Å². The SMILES string of the molecule is CC(=O)OC[C@H]1O[C@@H](S[As](C2CCCCC2)C2CCCCC2)[C@H](OC(C)=O)[C@@H](OC(C)=O)[C@@H]1OC(C)=O. The number of hydrogen-bond acceptors (Lipinski definition) is 10. The van der Waals surface area contributed by atoms with E-state index in [0.717, 1.165) is 0 Å². The van der Waals surface area contributed by atoms with Gasteiger partial charge in [0.2, 0.25) is 0 Å². The van der Waals surface area contributed by atoms with Crippen LogP contribution < -0.4 is 0 Å². The van der Waals surface area contributed by atoms with Gasteiger partial charge in [-0.2, -0.15) is 0 Å². The van der Waals surface area contributed by atoms with Crippen molar-refractivity contribution in [3.8, 4) is 0 Å². The molecule has 5 atom stereocenters. The molecule has 210 valence electrons. The average molecular weight is 605 g/mol. The van der Waals surface area contributed by atoms with Crippen molar-refractivity contribution in [3.05, 3.63) is 0 Å². The van der Waals surface area contributed by atoms with E-state index in [1.54, 1.807) is 10.0 Å². The van der Waals surface area contributed by atoms with Gasteiger partial charge in [-0.05, 0) is 0 Å². The minimum absolute atomic E-state index is 0.172. The molecule has 0 aromatic rings. The number of ether oxygens (including phenoxy) is 5. The van der Waals surface area contributed by atoms with Crippen LogP contribution in [-0.2, 0) is 42.9 Å². The zero-order chi connectivity index (χ0) is 26.9. The summed E-state index contributed by atoms with van der Waals surface area (Å²) in [7, 11) is 1.79. The molecule has 3 fully saturated rings. The topological polar surface area (TPSA) is 114 Å². The molecule has 1 saturated heterocycles. The molecule has 37 heavy (non-hydrogen) atoms. The molecular weight excluding hydrogens is 563 g/mol. The maximum absolute atomic E-state index is 12.2. The average Bonchev–Trinajstić information content (AvgIpc) is 2.85. The zero-order valence-electron chi connectivity index (χ0n) is 22.3. The molecule has 0 aromatic carbocycles. The van der Waals surface area contributed by atoms with Gasteiger partial charge in [-0.15, -0.1) is 0 Å². The molecule has 0 amide bonds. The summed E-state index contributed by atoms with van der Waals surface area (Å²) in [6.07, 6.45) is 8.38. The summed E-state index contributed by atoms with van der Waals surface area (Å²) in [6.45, 7) is 4.92. The molecule has 9 nitrogen and oxygen atoms in total. The molecule has 1 heterocycles. The normalized spacial score (nSPS) is 29.4. The van der Waals surface area contributed by atoms with Crippen molar-refractivity contribution in [2.45, 2.75) is 131 Å². The summed E-state index contributed by atoms with van der Waals surface area (Å²) >= 11 is -1.58. The second-order valence-electron chi connectivity index (χ2n) is 10.1. The van der Waals surface area contributed by atoms with Crippen molar-refractivity contribution in [1.29, 1.82) is 0 Å². The first-order valence-electron chi connectivity index (χ1n) is 13.4. The standard InChI is InChI=1S/C26H41AsO9S/c1-16(28)32-15-22-23(33-17(2)29)24(34-18(3)30)25(35-19(4)31)26(36-22)37-27(20-11-7-5-8-12-20)21-13-9-6-10-14-21/h20-26H,5-15H2,1-4H3/t22-,23-,24+,25-,26+/m1/s1. The van der Waals surface area contributed by atoms with E-state index in [2.05, 4.69) is 0 Å². The molecule has 0 unspecified atom stereocenters. The first-order valence-corrected chi connectivity index (χ1v) is 18.7. The third-order valence-corrected chi connectivity index (χ3v) is 19.0. The Balaban J connectivity index is 1.95. The van der Waals surface area contributed by atoms with Crippen LogP contribution in [0.3, 0.4) is 0 Å². The Morgan fingerprint density at radius 3 is 1.59 bits per heavy atom. The van der Waals surface area contributed by atoms with Gasteiger partial charge < -0.3 is 0 Å². The Morgan fingerprint density at radius 2 is 1.14 bits per heavy atom. The Morgan fingerprint density at radius 1 is 0.676 bits per heavy atom. The summed E-state index contributed by atoms with van der Waals surface area (Å²) in [6, 6.07) is 0. The van der Waals surface area contributed by atoms with Crippen molar-refractivity contribution in [1.82, 2.24) is 0 Å². The summed E-state index contributed by atoms with van der Waals surface area (Å²) < 4.78 is 30.0. The Hall–Kier alpha value is -1.25.